The Morgan fingerprint density at radius 3 is 2.68 bits per heavy atom. The van der Waals surface area contributed by atoms with E-state index in [-0.39, 0.29) is 24.4 Å². The fourth-order valence-electron chi connectivity index (χ4n) is 3.19. The van der Waals surface area contributed by atoms with Gasteiger partial charge in [-0.3, -0.25) is 9.48 Å². The number of benzene rings is 2. The zero-order chi connectivity index (χ0) is 22.0. The number of nitrogens with two attached hydrogens (primary N) is 2. The average Bonchev–Trinajstić information content (AvgIpc) is 3.21. The van der Waals surface area contributed by atoms with Crippen LogP contribution in [0.15, 0.2) is 54.7 Å². The van der Waals surface area contributed by atoms with Crippen molar-refractivity contribution in [2.45, 2.75) is 25.6 Å². The van der Waals surface area contributed by atoms with Gasteiger partial charge in [-0.25, -0.2) is 0 Å². The summed E-state index contributed by atoms with van der Waals surface area (Å²) in [5.74, 6) is -0.450. The van der Waals surface area contributed by atoms with E-state index in [4.69, 9.17) is 16.6 Å². The number of anilines is 2. The van der Waals surface area contributed by atoms with Crippen LogP contribution in [0, 0.1) is 0 Å². The second-order valence-corrected chi connectivity index (χ2v) is 7.18. The summed E-state index contributed by atoms with van der Waals surface area (Å²) < 4.78 is 1.43. The highest BCUT2D eigenvalue weighted by molar-refractivity contribution is 5.83. The number of fused-ring (bicyclic) bond motifs is 1. The van der Waals surface area contributed by atoms with Gasteiger partial charge in [0.25, 0.3) is 0 Å². The van der Waals surface area contributed by atoms with E-state index in [1.54, 1.807) is 12.3 Å². The van der Waals surface area contributed by atoms with Crippen LogP contribution in [-0.4, -0.2) is 41.9 Å². The minimum atomic E-state index is -1.10. The molecule has 2 heterocycles. The Morgan fingerprint density at radius 1 is 1.13 bits per heavy atom. The predicted molar refractivity (Wildman–Crippen MR) is 117 cm³/mol. The molecule has 10 heteroatoms. The number of carboxylic acid groups (broad SMARTS) is 1. The van der Waals surface area contributed by atoms with Crippen LogP contribution < -0.4 is 16.8 Å². The molecule has 4 rings (SSSR count). The quantitative estimate of drug-likeness (QED) is 0.352. The highest BCUT2D eigenvalue weighted by Crippen LogP contribution is 2.23. The molecular weight excluding hydrogens is 396 g/mol. The first-order valence-electron chi connectivity index (χ1n) is 9.68. The van der Waals surface area contributed by atoms with Crippen LogP contribution in [0.2, 0.25) is 0 Å². The van der Waals surface area contributed by atoms with E-state index in [0.29, 0.717) is 11.6 Å². The predicted octanol–water partition coefficient (Wildman–Crippen LogP) is 2.06. The molecule has 6 N–H and O–H groups in total. The molecule has 1 unspecified atom stereocenters. The Hall–Kier alpha value is -4.05. The van der Waals surface area contributed by atoms with E-state index >= 15 is 0 Å². The normalized spacial score (nSPS) is 13.1. The zero-order valence-corrected chi connectivity index (χ0v) is 16.8. The van der Waals surface area contributed by atoms with Gasteiger partial charge in [-0.1, -0.05) is 36.4 Å². The van der Waals surface area contributed by atoms with Gasteiger partial charge in [0.05, 0.1) is 12.6 Å². The van der Waals surface area contributed by atoms with Gasteiger partial charge in [0.1, 0.15) is 11.7 Å². The van der Waals surface area contributed by atoms with E-state index in [1.165, 1.54) is 10.1 Å². The summed E-state index contributed by atoms with van der Waals surface area (Å²) in [6.45, 7) is 2.03. The maximum absolute atomic E-state index is 10.9. The van der Waals surface area contributed by atoms with Crippen molar-refractivity contribution in [2.24, 2.45) is 5.73 Å². The molecule has 10 nitrogen and oxygen atoms in total. The number of carbonyl (C=O) groups is 1. The second kappa shape index (κ2) is 8.36. The van der Waals surface area contributed by atoms with Gasteiger partial charge in [-0.05, 0) is 35.4 Å². The number of rotatable bonds is 7. The molecule has 158 valence electrons. The molecule has 0 aliphatic heterocycles. The highest BCUT2D eigenvalue weighted by Gasteiger charge is 2.16. The van der Waals surface area contributed by atoms with Crippen LogP contribution in [0.3, 0.4) is 0 Å². The lowest BCUT2D eigenvalue weighted by atomic mass is 10.0. The molecule has 0 aliphatic carbocycles. The Bertz CT molecular complexity index is 1240. The van der Waals surface area contributed by atoms with Gasteiger partial charge in [-0.2, -0.15) is 20.1 Å². The standard InChI is InChI=1S/C21H22N8O2/c1-12(14-7-6-13-4-2-3-5-15(13)10-14)24-21-26-18(25-20(23)27-21)17-8-9-29(28-17)11-16(22)19(30)31/h2-10,12,16H,11,22H2,1H3,(H,30,31)(H3,23,24,25,26,27)/t12-,16?/m1/s1. The van der Waals surface area contributed by atoms with Crippen LogP contribution in [0.5, 0.6) is 0 Å². The summed E-state index contributed by atoms with van der Waals surface area (Å²) in [5.41, 5.74) is 12.9. The average molecular weight is 418 g/mol. The van der Waals surface area contributed by atoms with E-state index in [0.717, 1.165) is 10.9 Å². The summed E-state index contributed by atoms with van der Waals surface area (Å²) in [6.07, 6.45) is 1.61. The van der Waals surface area contributed by atoms with Crippen molar-refractivity contribution in [3.63, 3.8) is 0 Å². The molecule has 4 aromatic rings. The first-order chi connectivity index (χ1) is 14.9. The fraction of sp³-hybridized carbons (Fsp3) is 0.190. The number of hydrogen-bond acceptors (Lipinski definition) is 8. The number of hydrogen-bond donors (Lipinski definition) is 4. The van der Waals surface area contributed by atoms with Crippen LogP contribution in [0.4, 0.5) is 11.9 Å². The minimum absolute atomic E-state index is 0.0278. The number of carboxylic acids is 1. The molecule has 0 radical (unpaired) electrons. The molecule has 0 spiro atoms. The summed E-state index contributed by atoms with van der Waals surface area (Å²) in [4.78, 5) is 23.7. The van der Waals surface area contributed by atoms with Gasteiger partial charge < -0.3 is 21.9 Å². The van der Waals surface area contributed by atoms with Crippen molar-refractivity contribution in [2.75, 3.05) is 11.1 Å². The second-order valence-electron chi connectivity index (χ2n) is 7.18. The van der Waals surface area contributed by atoms with Crippen molar-refractivity contribution in [3.05, 3.63) is 60.3 Å². The van der Waals surface area contributed by atoms with E-state index < -0.39 is 12.0 Å². The highest BCUT2D eigenvalue weighted by atomic mass is 16.4. The third-order valence-corrected chi connectivity index (χ3v) is 4.84. The van der Waals surface area contributed by atoms with E-state index in [1.807, 2.05) is 19.1 Å². The van der Waals surface area contributed by atoms with Crippen molar-refractivity contribution in [1.29, 1.82) is 0 Å². The number of aromatic nitrogens is 5. The Labute approximate surface area is 178 Å². The number of nitrogen functional groups attached to an aromatic ring is 1. The molecule has 0 saturated heterocycles. The molecule has 0 bridgehead atoms. The molecule has 2 aromatic carbocycles. The molecule has 31 heavy (non-hydrogen) atoms. The van der Waals surface area contributed by atoms with Gasteiger partial charge in [-0.15, -0.1) is 0 Å². The minimum Gasteiger partial charge on any atom is -0.480 e. The summed E-state index contributed by atoms with van der Waals surface area (Å²) in [5, 5.41) is 18.8. The molecule has 0 aliphatic rings. The lowest BCUT2D eigenvalue weighted by molar-refractivity contribution is -0.138. The number of aliphatic carboxylic acids is 1. The monoisotopic (exact) mass is 418 g/mol. The fourth-order valence-corrected chi connectivity index (χ4v) is 3.19. The lowest BCUT2D eigenvalue weighted by Gasteiger charge is -2.15. The summed E-state index contributed by atoms with van der Waals surface area (Å²) in [6, 6.07) is 14.9. The van der Waals surface area contributed by atoms with Crippen molar-refractivity contribution < 1.29 is 9.90 Å². The molecule has 2 atom stereocenters. The van der Waals surface area contributed by atoms with E-state index in [9.17, 15) is 4.79 Å². The maximum Gasteiger partial charge on any atom is 0.322 e. The van der Waals surface area contributed by atoms with Gasteiger partial charge in [0.15, 0.2) is 5.82 Å². The largest absolute Gasteiger partial charge is 0.480 e. The van der Waals surface area contributed by atoms with Crippen LogP contribution >= 0.6 is 0 Å². The van der Waals surface area contributed by atoms with Crippen molar-refractivity contribution in [1.82, 2.24) is 24.7 Å². The zero-order valence-electron chi connectivity index (χ0n) is 16.8. The maximum atomic E-state index is 10.9. The SMILES string of the molecule is C[C@@H](Nc1nc(N)nc(-c2ccn(CC(N)C(=O)O)n2)n1)c1ccc2ccccc2c1. The number of nitrogens with zero attached hydrogens (tertiary/aromatic N) is 5. The summed E-state index contributed by atoms with van der Waals surface area (Å²) in [7, 11) is 0. The topological polar surface area (TPSA) is 158 Å². The molecular formula is C21H22N8O2. The lowest BCUT2D eigenvalue weighted by Crippen LogP contribution is -2.34. The molecule has 0 fully saturated rings. The Balaban J connectivity index is 1.55. The van der Waals surface area contributed by atoms with Crippen molar-refractivity contribution >= 4 is 28.6 Å². The first kappa shape index (κ1) is 20.2. The molecule has 0 amide bonds. The van der Waals surface area contributed by atoms with E-state index in [2.05, 4.69) is 55.7 Å². The third kappa shape index (κ3) is 4.59. The summed E-state index contributed by atoms with van der Waals surface area (Å²) >= 11 is 0. The molecule has 2 aromatic heterocycles. The van der Waals surface area contributed by atoms with Crippen molar-refractivity contribution in [3.8, 4) is 11.5 Å². The first-order valence-corrected chi connectivity index (χ1v) is 9.68. The van der Waals surface area contributed by atoms with Crippen LogP contribution in [0.25, 0.3) is 22.3 Å². The van der Waals surface area contributed by atoms with Gasteiger partial charge in [0, 0.05) is 6.20 Å². The number of nitrogens with one attached hydrogen (secondary N) is 1. The van der Waals surface area contributed by atoms with Gasteiger partial charge >= 0.3 is 5.97 Å². The molecule has 0 saturated carbocycles. The van der Waals surface area contributed by atoms with Gasteiger partial charge in [0.2, 0.25) is 11.9 Å². The third-order valence-electron chi connectivity index (χ3n) is 4.84. The Kier molecular flexibility index (Phi) is 5.46. The van der Waals surface area contributed by atoms with Crippen LogP contribution in [-0.2, 0) is 11.3 Å². The smallest absolute Gasteiger partial charge is 0.322 e. The Morgan fingerprint density at radius 2 is 1.90 bits per heavy atom. The van der Waals surface area contributed by atoms with Crippen LogP contribution in [0.1, 0.15) is 18.5 Å².